The topological polar surface area (TPSA) is 30.5 Å². The largest absolute Gasteiger partial charge is 0.490 e. The SMILES string of the molecule is CCOc1ccccc1OCCC1=CC2CCCC(C1)N2. The Morgan fingerprint density at radius 1 is 1.14 bits per heavy atom. The predicted molar refractivity (Wildman–Crippen MR) is 85.0 cm³/mol. The molecule has 0 aliphatic carbocycles. The zero-order valence-corrected chi connectivity index (χ0v) is 12.8. The predicted octanol–water partition coefficient (Wildman–Crippen LogP) is 3.70. The first kappa shape index (κ1) is 14.5. The molecular formula is C18H25NO2. The Bertz CT molecular complexity index is 498. The maximum absolute atomic E-state index is 5.93. The highest BCUT2D eigenvalue weighted by molar-refractivity contribution is 5.39. The normalized spacial score (nSPS) is 24.3. The molecule has 2 bridgehead atoms. The first-order chi connectivity index (χ1) is 10.3. The van der Waals surface area contributed by atoms with Gasteiger partial charge in [-0.2, -0.15) is 0 Å². The molecule has 2 atom stereocenters. The number of nitrogens with one attached hydrogen (secondary N) is 1. The minimum Gasteiger partial charge on any atom is -0.490 e. The molecule has 1 fully saturated rings. The van der Waals surface area contributed by atoms with E-state index in [1.54, 1.807) is 5.57 Å². The van der Waals surface area contributed by atoms with Crippen molar-refractivity contribution >= 4 is 0 Å². The van der Waals surface area contributed by atoms with Crippen LogP contribution in [-0.4, -0.2) is 25.3 Å². The molecule has 2 aliphatic heterocycles. The van der Waals surface area contributed by atoms with Crippen LogP contribution in [0.2, 0.25) is 0 Å². The number of rotatable bonds is 6. The van der Waals surface area contributed by atoms with Crippen molar-refractivity contribution in [2.24, 2.45) is 0 Å². The van der Waals surface area contributed by atoms with E-state index >= 15 is 0 Å². The van der Waals surface area contributed by atoms with Gasteiger partial charge in [-0.05, 0) is 38.3 Å². The summed E-state index contributed by atoms with van der Waals surface area (Å²) in [5.41, 5.74) is 1.55. The van der Waals surface area contributed by atoms with Crippen LogP contribution in [0.3, 0.4) is 0 Å². The van der Waals surface area contributed by atoms with Crippen molar-refractivity contribution in [2.45, 2.75) is 51.1 Å². The van der Waals surface area contributed by atoms with Crippen LogP contribution < -0.4 is 14.8 Å². The number of fused-ring (bicyclic) bond motifs is 2. The summed E-state index contributed by atoms with van der Waals surface area (Å²) >= 11 is 0. The third kappa shape index (κ3) is 3.79. The lowest BCUT2D eigenvalue weighted by atomic mass is 9.86. The highest BCUT2D eigenvalue weighted by Crippen LogP contribution is 2.29. The van der Waals surface area contributed by atoms with Gasteiger partial charge in [0.05, 0.1) is 13.2 Å². The Morgan fingerprint density at radius 2 is 1.95 bits per heavy atom. The average molecular weight is 287 g/mol. The first-order valence-electron chi connectivity index (χ1n) is 8.15. The number of para-hydroxylation sites is 2. The minimum atomic E-state index is 0.600. The van der Waals surface area contributed by atoms with Crippen LogP contribution in [0.15, 0.2) is 35.9 Å². The highest BCUT2D eigenvalue weighted by atomic mass is 16.5. The van der Waals surface area contributed by atoms with Crippen molar-refractivity contribution in [1.82, 2.24) is 5.32 Å². The summed E-state index contributed by atoms with van der Waals surface area (Å²) in [5.74, 6) is 1.70. The van der Waals surface area contributed by atoms with Crippen LogP contribution in [0.1, 0.15) is 39.0 Å². The van der Waals surface area contributed by atoms with Crippen LogP contribution in [0.5, 0.6) is 11.5 Å². The molecule has 21 heavy (non-hydrogen) atoms. The number of benzene rings is 1. The van der Waals surface area contributed by atoms with Crippen molar-refractivity contribution < 1.29 is 9.47 Å². The van der Waals surface area contributed by atoms with E-state index in [1.807, 2.05) is 31.2 Å². The zero-order chi connectivity index (χ0) is 14.5. The molecule has 114 valence electrons. The monoisotopic (exact) mass is 287 g/mol. The van der Waals surface area contributed by atoms with E-state index in [0.717, 1.165) is 24.5 Å². The molecular weight excluding hydrogens is 262 g/mol. The molecule has 0 radical (unpaired) electrons. The fraction of sp³-hybridized carbons (Fsp3) is 0.556. The lowest BCUT2D eigenvalue weighted by molar-refractivity contribution is 0.273. The summed E-state index contributed by atoms with van der Waals surface area (Å²) in [6.45, 7) is 3.39. The highest BCUT2D eigenvalue weighted by Gasteiger charge is 2.25. The molecule has 0 amide bonds. The Balaban J connectivity index is 1.53. The van der Waals surface area contributed by atoms with Gasteiger partial charge in [0.25, 0.3) is 0 Å². The van der Waals surface area contributed by atoms with Crippen molar-refractivity contribution in [3.05, 3.63) is 35.9 Å². The van der Waals surface area contributed by atoms with Gasteiger partial charge in [-0.25, -0.2) is 0 Å². The van der Waals surface area contributed by atoms with Crippen molar-refractivity contribution in [1.29, 1.82) is 0 Å². The maximum atomic E-state index is 5.93. The molecule has 1 aromatic rings. The molecule has 3 rings (SSSR count). The second kappa shape index (κ2) is 6.99. The molecule has 3 nitrogen and oxygen atoms in total. The second-order valence-corrected chi connectivity index (χ2v) is 5.91. The molecule has 1 aromatic carbocycles. The molecule has 2 unspecified atom stereocenters. The lowest BCUT2D eigenvalue weighted by Crippen LogP contribution is -2.44. The smallest absolute Gasteiger partial charge is 0.161 e. The summed E-state index contributed by atoms with van der Waals surface area (Å²) in [6, 6.07) is 9.21. The Kier molecular flexibility index (Phi) is 4.81. The summed E-state index contributed by atoms with van der Waals surface area (Å²) in [4.78, 5) is 0. The molecule has 2 aliphatic rings. The summed E-state index contributed by atoms with van der Waals surface area (Å²) in [7, 11) is 0. The van der Waals surface area contributed by atoms with Gasteiger partial charge >= 0.3 is 0 Å². The van der Waals surface area contributed by atoms with Gasteiger partial charge < -0.3 is 14.8 Å². The first-order valence-corrected chi connectivity index (χ1v) is 8.15. The molecule has 1 saturated heterocycles. The van der Waals surface area contributed by atoms with E-state index in [1.165, 1.54) is 25.7 Å². The number of hydrogen-bond donors (Lipinski definition) is 1. The summed E-state index contributed by atoms with van der Waals surface area (Å²) in [5, 5.41) is 3.68. The molecule has 3 heteroatoms. The number of ether oxygens (including phenoxy) is 2. The Morgan fingerprint density at radius 3 is 2.71 bits per heavy atom. The number of hydrogen-bond acceptors (Lipinski definition) is 3. The molecule has 1 N–H and O–H groups in total. The van der Waals surface area contributed by atoms with Crippen LogP contribution in [0, 0.1) is 0 Å². The van der Waals surface area contributed by atoms with E-state index in [2.05, 4.69) is 11.4 Å². The van der Waals surface area contributed by atoms with E-state index in [4.69, 9.17) is 9.47 Å². The van der Waals surface area contributed by atoms with Crippen LogP contribution in [0.25, 0.3) is 0 Å². The third-order valence-electron chi connectivity index (χ3n) is 4.29. The number of piperidine rings is 1. The summed E-state index contributed by atoms with van der Waals surface area (Å²) in [6.07, 6.45) is 8.61. The van der Waals surface area contributed by atoms with E-state index in [9.17, 15) is 0 Å². The second-order valence-electron chi connectivity index (χ2n) is 5.91. The molecule has 0 saturated carbocycles. The molecule has 2 heterocycles. The lowest BCUT2D eigenvalue weighted by Gasteiger charge is -2.35. The molecule has 0 aromatic heterocycles. The van der Waals surface area contributed by atoms with Crippen molar-refractivity contribution in [3.8, 4) is 11.5 Å². The van der Waals surface area contributed by atoms with Crippen LogP contribution in [-0.2, 0) is 0 Å². The van der Waals surface area contributed by atoms with Gasteiger partial charge in [-0.3, -0.25) is 0 Å². The minimum absolute atomic E-state index is 0.600. The summed E-state index contributed by atoms with van der Waals surface area (Å²) < 4.78 is 11.5. The van der Waals surface area contributed by atoms with Gasteiger partial charge in [0.2, 0.25) is 0 Å². The van der Waals surface area contributed by atoms with Crippen LogP contribution in [0.4, 0.5) is 0 Å². The van der Waals surface area contributed by atoms with Gasteiger partial charge in [0, 0.05) is 18.5 Å². The van der Waals surface area contributed by atoms with Gasteiger partial charge in [-0.1, -0.05) is 30.2 Å². The van der Waals surface area contributed by atoms with E-state index < -0.39 is 0 Å². The third-order valence-corrected chi connectivity index (χ3v) is 4.29. The Labute approximate surface area is 127 Å². The van der Waals surface area contributed by atoms with Crippen LogP contribution >= 0.6 is 0 Å². The van der Waals surface area contributed by atoms with Gasteiger partial charge in [-0.15, -0.1) is 0 Å². The van der Waals surface area contributed by atoms with E-state index in [-0.39, 0.29) is 0 Å². The van der Waals surface area contributed by atoms with Gasteiger partial charge in [0.1, 0.15) is 0 Å². The quantitative estimate of drug-likeness (QED) is 0.809. The zero-order valence-electron chi connectivity index (χ0n) is 12.8. The van der Waals surface area contributed by atoms with Crippen molar-refractivity contribution in [3.63, 3.8) is 0 Å². The fourth-order valence-electron chi connectivity index (χ4n) is 3.34. The Hall–Kier alpha value is -1.48. The van der Waals surface area contributed by atoms with E-state index in [0.29, 0.717) is 18.7 Å². The van der Waals surface area contributed by atoms with Crippen molar-refractivity contribution in [2.75, 3.05) is 13.2 Å². The van der Waals surface area contributed by atoms with Gasteiger partial charge in [0.15, 0.2) is 11.5 Å². The standard InChI is InChI=1S/C18H25NO2/c1-2-20-17-8-3-4-9-18(17)21-11-10-14-12-15-6-5-7-16(13-14)19-15/h3-4,8-9,12,15-16,19H,2,5-7,10-11,13H2,1H3. The maximum Gasteiger partial charge on any atom is 0.161 e. The fourth-order valence-corrected chi connectivity index (χ4v) is 3.34. The average Bonchev–Trinajstić information content (AvgIpc) is 2.49. The molecule has 0 spiro atoms.